The molecule has 0 radical (unpaired) electrons. The zero-order chi connectivity index (χ0) is 20.2. The first-order valence-electron chi connectivity index (χ1n) is 10.2. The van der Waals surface area contributed by atoms with E-state index >= 15 is 0 Å². The number of aromatic nitrogens is 3. The third kappa shape index (κ3) is 4.49. The maximum absolute atomic E-state index is 6.09. The van der Waals surface area contributed by atoms with Crippen molar-refractivity contribution in [1.82, 2.24) is 24.8 Å². The number of imidazole rings is 1. The third-order valence-electron chi connectivity index (χ3n) is 5.51. The van der Waals surface area contributed by atoms with Gasteiger partial charge < -0.3 is 14.6 Å². The average Bonchev–Trinajstić information content (AvgIpc) is 3.14. The predicted molar refractivity (Wildman–Crippen MR) is 114 cm³/mol. The standard InChI is InChI=1S/C23H29N5O/c1-17-12-19(13-18(2)22(17)29-16-20-6-4-5-7-25-20)15-28-11-8-24-14-21(28)23-26-9-10-27(23)3/h4-7,9-10,12-13,21,24H,8,11,14-16H2,1-3H3. The maximum atomic E-state index is 6.09. The number of rotatable bonds is 6. The molecule has 1 saturated heterocycles. The highest BCUT2D eigenvalue weighted by atomic mass is 16.5. The summed E-state index contributed by atoms with van der Waals surface area (Å²) in [6.07, 6.45) is 5.70. The van der Waals surface area contributed by atoms with Crippen molar-refractivity contribution in [3.8, 4) is 5.75 Å². The molecule has 6 nitrogen and oxygen atoms in total. The average molecular weight is 392 g/mol. The zero-order valence-electron chi connectivity index (χ0n) is 17.4. The minimum atomic E-state index is 0.282. The molecule has 3 heterocycles. The Balaban J connectivity index is 1.49. The molecule has 0 saturated carbocycles. The molecule has 1 fully saturated rings. The van der Waals surface area contributed by atoms with Gasteiger partial charge in [0, 0.05) is 51.8 Å². The third-order valence-corrected chi connectivity index (χ3v) is 5.51. The molecule has 6 heteroatoms. The van der Waals surface area contributed by atoms with Gasteiger partial charge in [-0.25, -0.2) is 4.98 Å². The van der Waals surface area contributed by atoms with Crippen LogP contribution in [0.5, 0.6) is 5.75 Å². The van der Waals surface area contributed by atoms with Crippen LogP contribution in [-0.2, 0) is 20.2 Å². The van der Waals surface area contributed by atoms with Gasteiger partial charge in [-0.2, -0.15) is 0 Å². The summed E-state index contributed by atoms with van der Waals surface area (Å²) in [5.74, 6) is 2.07. The van der Waals surface area contributed by atoms with Gasteiger partial charge in [0.15, 0.2) is 0 Å². The van der Waals surface area contributed by atoms with Crippen molar-refractivity contribution in [3.05, 3.63) is 77.1 Å². The topological polar surface area (TPSA) is 55.2 Å². The number of benzene rings is 1. The molecule has 0 aliphatic carbocycles. The molecular formula is C23H29N5O. The molecule has 0 bridgehead atoms. The smallest absolute Gasteiger partial charge is 0.130 e. The summed E-state index contributed by atoms with van der Waals surface area (Å²) < 4.78 is 8.22. The number of nitrogens with zero attached hydrogens (tertiary/aromatic N) is 4. The van der Waals surface area contributed by atoms with E-state index in [0.29, 0.717) is 6.61 Å². The van der Waals surface area contributed by atoms with E-state index in [1.807, 2.05) is 30.6 Å². The highest BCUT2D eigenvalue weighted by Gasteiger charge is 2.27. The van der Waals surface area contributed by atoms with Gasteiger partial charge in [-0.3, -0.25) is 9.88 Å². The summed E-state index contributed by atoms with van der Waals surface area (Å²) in [5, 5.41) is 3.51. The molecule has 4 rings (SSSR count). The Bertz CT molecular complexity index is 930. The quantitative estimate of drug-likeness (QED) is 0.700. The molecule has 0 spiro atoms. The van der Waals surface area contributed by atoms with Crippen LogP contribution >= 0.6 is 0 Å². The van der Waals surface area contributed by atoms with Crippen molar-refractivity contribution in [2.24, 2.45) is 7.05 Å². The molecule has 1 aromatic carbocycles. The molecule has 2 aromatic heterocycles. The number of hydrogen-bond acceptors (Lipinski definition) is 5. The lowest BCUT2D eigenvalue weighted by atomic mass is 10.0. The van der Waals surface area contributed by atoms with E-state index in [2.05, 4.69) is 57.8 Å². The largest absolute Gasteiger partial charge is 0.487 e. The van der Waals surface area contributed by atoms with E-state index in [0.717, 1.165) is 43.4 Å². The minimum Gasteiger partial charge on any atom is -0.487 e. The van der Waals surface area contributed by atoms with Gasteiger partial charge in [-0.15, -0.1) is 0 Å². The lowest BCUT2D eigenvalue weighted by Gasteiger charge is -2.36. The number of aryl methyl sites for hydroxylation is 3. The number of hydrogen-bond donors (Lipinski definition) is 1. The van der Waals surface area contributed by atoms with Gasteiger partial charge in [-0.05, 0) is 42.7 Å². The van der Waals surface area contributed by atoms with Crippen LogP contribution in [-0.4, -0.2) is 39.1 Å². The molecule has 29 heavy (non-hydrogen) atoms. The Morgan fingerprint density at radius 2 is 1.97 bits per heavy atom. The van der Waals surface area contributed by atoms with Crippen molar-refractivity contribution < 1.29 is 4.74 Å². The van der Waals surface area contributed by atoms with Crippen LogP contribution in [0.1, 0.15) is 34.3 Å². The number of ether oxygens (including phenoxy) is 1. The van der Waals surface area contributed by atoms with Crippen LogP contribution in [0.2, 0.25) is 0 Å². The molecule has 0 amide bonds. The van der Waals surface area contributed by atoms with E-state index in [1.165, 1.54) is 16.7 Å². The zero-order valence-corrected chi connectivity index (χ0v) is 17.4. The van der Waals surface area contributed by atoms with Gasteiger partial charge in [0.25, 0.3) is 0 Å². The molecule has 1 aliphatic heterocycles. The fourth-order valence-corrected chi connectivity index (χ4v) is 4.11. The van der Waals surface area contributed by atoms with Gasteiger partial charge in [-0.1, -0.05) is 18.2 Å². The SMILES string of the molecule is Cc1cc(CN2CCNCC2c2nccn2C)cc(C)c1OCc1ccccn1. The van der Waals surface area contributed by atoms with Crippen molar-refractivity contribution in [2.45, 2.75) is 33.0 Å². The molecule has 3 aromatic rings. The Labute approximate surface area is 172 Å². The second-order valence-electron chi connectivity index (χ2n) is 7.76. The maximum Gasteiger partial charge on any atom is 0.130 e. The fourth-order valence-electron chi connectivity index (χ4n) is 4.11. The predicted octanol–water partition coefficient (Wildman–Crippen LogP) is 3.16. The van der Waals surface area contributed by atoms with Gasteiger partial charge in [0.1, 0.15) is 18.2 Å². The second kappa shape index (κ2) is 8.76. The Hall–Kier alpha value is -2.70. The normalized spacial score (nSPS) is 17.4. The summed E-state index contributed by atoms with van der Waals surface area (Å²) in [4.78, 5) is 11.4. The van der Waals surface area contributed by atoms with Crippen LogP contribution in [0.4, 0.5) is 0 Å². The van der Waals surface area contributed by atoms with Crippen LogP contribution in [0.25, 0.3) is 0 Å². The highest BCUT2D eigenvalue weighted by molar-refractivity contribution is 5.43. The lowest BCUT2D eigenvalue weighted by molar-refractivity contribution is 0.144. The molecule has 152 valence electrons. The first kappa shape index (κ1) is 19.6. The summed E-state index contributed by atoms with van der Waals surface area (Å²) in [6.45, 7) is 8.57. The summed E-state index contributed by atoms with van der Waals surface area (Å²) >= 11 is 0. The van der Waals surface area contributed by atoms with E-state index < -0.39 is 0 Å². The summed E-state index contributed by atoms with van der Waals surface area (Å²) in [5.41, 5.74) is 4.58. The van der Waals surface area contributed by atoms with Crippen LogP contribution in [0.3, 0.4) is 0 Å². The van der Waals surface area contributed by atoms with E-state index in [1.54, 1.807) is 6.20 Å². The fraction of sp³-hybridized carbons (Fsp3) is 0.391. The van der Waals surface area contributed by atoms with Gasteiger partial charge >= 0.3 is 0 Å². The highest BCUT2D eigenvalue weighted by Crippen LogP contribution is 2.28. The summed E-state index contributed by atoms with van der Waals surface area (Å²) in [7, 11) is 2.07. The second-order valence-corrected chi connectivity index (χ2v) is 7.76. The van der Waals surface area contributed by atoms with Crippen molar-refractivity contribution in [3.63, 3.8) is 0 Å². The first-order chi connectivity index (χ1) is 14.1. The number of pyridine rings is 1. The molecular weight excluding hydrogens is 362 g/mol. The molecule has 1 aliphatic rings. The Morgan fingerprint density at radius 3 is 2.66 bits per heavy atom. The number of piperazine rings is 1. The van der Waals surface area contributed by atoms with E-state index in [4.69, 9.17) is 4.74 Å². The minimum absolute atomic E-state index is 0.282. The molecule has 1 atom stereocenters. The van der Waals surface area contributed by atoms with Crippen LogP contribution in [0.15, 0.2) is 48.9 Å². The van der Waals surface area contributed by atoms with Gasteiger partial charge in [0.05, 0.1) is 11.7 Å². The van der Waals surface area contributed by atoms with E-state index in [9.17, 15) is 0 Å². The van der Waals surface area contributed by atoms with Gasteiger partial charge in [0.2, 0.25) is 0 Å². The van der Waals surface area contributed by atoms with Crippen molar-refractivity contribution in [1.29, 1.82) is 0 Å². The monoisotopic (exact) mass is 391 g/mol. The van der Waals surface area contributed by atoms with Crippen LogP contribution < -0.4 is 10.1 Å². The first-order valence-corrected chi connectivity index (χ1v) is 10.2. The lowest BCUT2D eigenvalue weighted by Crippen LogP contribution is -2.46. The number of nitrogens with one attached hydrogen (secondary N) is 1. The molecule has 1 N–H and O–H groups in total. The summed E-state index contributed by atoms with van der Waals surface area (Å²) in [6, 6.07) is 10.7. The molecule has 1 unspecified atom stereocenters. The van der Waals surface area contributed by atoms with Crippen LogP contribution in [0, 0.1) is 13.8 Å². The Morgan fingerprint density at radius 1 is 1.14 bits per heavy atom. The van der Waals surface area contributed by atoms with Crippen molar-refractivity contribution >= 4 is 0 Å². The van der Waals surface area contributed by atoms with Crippen molar-refractivity contribution in [2.75, 3.05) is 19.6 Å². The van der Waals surface area contributed by atoms with E-state index in [-0.39, 0.29) is 6.04 Å². The Kier molecular flexibility index (Phi) is 5.92.